The standard InChI is InChI=1S/C25H16N2/c1-3-9-21-19(7-1)20-8-2-4-10-22(20)23(21)18-14-17-12-11-16-6-5-13-26-24(16)25(17)27-15-18/h1-15,23H. The minimum Gasteiger partial charge on any atom is -0.254 e. The quantitative estimate of drug-likeness (QED) is 0.345. The zero-order valence-electron chi connectivity index (χ0n) is 14.6. The van der Waals surface area contributed by atoms with Gasteiger partial charge in [-0.05, 0) is 39.9 Å². The van der Waals surface area contributed by atoms with E-state index in [-0.39, 0.29) is 5.92 Å². The molecule has 3 aromatic carbocycles. The van der Waals surface area contributed by atoms with Crippen LogP contribution in [0.1, 0.15) is 22.6 Å². The van der Waals surface area contributed by atoms with E-state index in [1.54, 1.807) is 0 Å². The summed E-state index contributed by atoms with van der Waals surface area (Å²) >= 11 is 0. The molecule has 0 amide bonds. The number of hydrogen-bond donors (Lipinski definition) is 0. The summed E-state index contributed by atoms with van der Waals surface area (Å²) in [6.07, 6.45) is 3.86. The van der Waals surface area contributed by atoms with E-state index in [0.717, 1.165) is 21.8 Å². The van der Waals surface area contributed by atoms with E-state index in [2.05, 4.69) is 77.8 Å². The van der Waals surface area contributed by atoms with Crippen LogP contribution in [0, 0.1) is 0 Å². The first-order chi connectivity index (χ1) is 13.4. The molecule has 2 aromatic heterocycles. The molecule has 2 heterocycles. The number of rotatable bonds is 1. The molecule has 0 atom stereocenters. The molecular weight excluding hydrogens is 328 g/mol. The molecule has 0 aliphatic heterocycles. The average Bonchev–Trinajstić information content (AvgIpc) is 3.08. The third-order valence-electron chi connectivity index (χ3n) is 5.61. The van der Waals surface area contributed by atoms with Gasteiger partial charge >= 0.3 is 0 Å². The smallest absolute Gasteiger partial charge is 0.0964 e. The number of aromatic nitrogens is 2. The highest BCUT2D eigenvalue weighted by Crippen LogP contribution is 2.47. The zero-order chi connectivity index (χ0) is 17.8. The molecule has 1 aliphatic carbocycles. The van der Waals surface area contributed by atoms with Gasteiger partial charge in [-0.25, -0.2) is 0 Å². The van der Waals surface area contributed by atoms with Crippen LogP contribution in [0.4, 0.5) is 0 Å². The highest BCUT2D eigenvalue weighted by Gasteiger charge is 2.29. The predicted octanol–water partition coefficient (Wildman–Crippen LogP) is 5.94. The molecule has 2 heteroatoms. The van der Waals surface area contributed by atoms with Crippen molar-refractivity contribution >= 4 is 21.8 Å². The Labute approximate surface area is 157 Å². The molecule has 1 aliphatic rings. The molecule has 0 unspecified atom stereocenters. The fraction of sp³-hybridized carbons (Fsp3) is 0.0400. The Bertz CT molecular complexity index is 1290. The van der Waals surface area contributed by atoms with E-state index < -0.39 is 0 Å². The number of hydrogen-bond acceptors (Lipinski definition) is 2. The van der Waals surface area contributed by atoms with Crippen molar-refractivity contribution in [3.05, 3.63) is 108 Å². The van der Waals surface area contributed by atoms with Gasteiger partial charge in [0.2, 0.25) is 0 Å². The van der Waals surface area contributed by atoms with Gasteiger partial charge in [0.1, 0.15) is 0 Å². The highest BCUT2D eigenvalue weighted by atomic mass is 14.7. The van der Waals surface area contributed by atoms with Crippen molar-refractivity contribution in [2.45, 2.75) is 5.92 Å². The van der Waals surface area contributed by atoms with E-state index >= 15 is 0 Å². The fourth-order valence-electron chi connectivity index (χ4n) is 4.43. The zero-order valence-corrected chi connectivity index (χ0v) is 14.6. The summed E-state index contributed by atoms with van der Waals surface area (Å²) in [4.78, 5) is 9.38. The van der Waals surface area contributed by atoms with Crippen LogP contribution < -0.4 is 0 Å². The van der Waals surface area contributed by atoms with Crippen LogP contribution in [-0.4, -0.2) is 9.97 Å². The van der Waals surface area contributed by atoms with Crippen LogP contribution in [0.2, 0.25) is 0 Å². The summed E-state index contributed by atoms with van der Waals surface area (Å²) in [6.45, 7) is 0. The summed E-state index contributed by atoms with van der Waals surface area (Å²) in [5.41, 5.74) is 8.55. The van der Waals surface area contributed by atoms with Crippen molar-refractivity contribution in [1.29, 1.82) is 0 Å². The first-order valence-corrected chi connectivity index (χ1v) is 9.22. The van der Waals surface area contributed by atoms with Crippen molar-refractivity contribution in [3.63, 3.8) is 0 Å². The maximum Gasteiger partial charge on any atom is 0.0964 e. The third kappa shape index (κ3) is 2.07. The molecule has 0 bridgehead atoms. The first kappa shape index (κ1) is 14.6. The lowest BCUT2D eigenvalue weighted by atomic mass is 9.89. The molecule has 0 saturated carbocycles. The maximum absolute atomic E-state index is 4.84. The summed E-state index contributed by atoms with van der Waals surface area (Å²) in [5, 5.41) is 2.27. The van der Waals surface area contributed by atoms with Crippen molar-refractivity contribution in [2.24, 2.45) is 0 Å². The van der Waals surface area contributed by atoms with Gasteiger partial charge < -0.3 is 0 Å². The second kappa shape index (κ2) is 5.49. The van der Waals surface area contributed by atoms with E-state index in [0.29, 0.717) is 0 Å². The van der Waals surface area contributed by atoms with Crippen molar-refractivity contribution in [2.75, 3.05) is 0 Å². The van der Waals surface area contributed by atoms with Gasteiger partial charge in [0.25, 0.3) is 0 Å². The van der Waals surface area contributed by atoms with Crippen LogP contribution in [0.3, 0.4) is 0 Å². The minimum absolute atomic E-state index is 0.230. The molecule has 0 fully saturated rings. The fourth-order valence-corrected chi connectivity index (χ4v) is 4.43. The Morgan fingerprint density at radius 1 is 0.593 bits per heavy atom. The molecule has 0 saturated heterocycles. The molecule has 27 heavy (non-hydrogen) atoms. The lowest BCUT2D eigenvalue weighted by Gasteiger charge is -2.15. The van der Waals surface area contributed by atoms with Crippen molar-refractivity contribution in [1.82, 2.24) is 9.97 Å². The molecule has 126 valence electrons. The second-order valence-electron chi connectivity index (χ2n) is 7.09. The van der Waals surface area contributed by atoms with Crippen molar-refractivity contribution in [3.8, 4) is 11.1 Å². The Morgan fingerprint density at radius 2 is 1.26 bits per heavy atom. The molecule has 0 spiro atoms. The van der Waals surface area contributed by atoms with Crippen LogP contribution in [-0.2, 0) is 0 Å². The summed E-state index contributed by atoms with van der Waals surface area (Å²) in [7, 11) is 0. The number of pyridine rings is 2. The van der Waals surface area contributed by atoms with Crippen LogP contribution in [0.25, 0.3) is 32.9 Å². The van der Waals surface area contributed by atoms with E-state index in [9.17, 15) is 0 Å². The molecule has 5 aromatic rings. The molecule has 0 N–H and O–H groups in total. The normalized spacial score (nSPS) is 13.0. The van der Waals surface area contributed by atoms with Crippen LogP contribution >= 0.6 is 0 Å². The van der Waals surface area contributed by atoms with Gasteiger partial charge in [-0.3, -0.25) is 9.97 Å². The predicted molar refractivity (Wildman–Crippen MR) is 110 cm³/mol. The molecule has 6 rings (SSSR count). The van der Waals surface area contributed by atoms with E-state index in [4.69, 9.17) is 4.98 Å². The van der Waals surface area contributed by atoms with Gasteiger partial charge in [0, 0.05) is 29.1 Å². The summed E-state index contributed by atoms with van der Waals surface area (Å²) in [5.74, 6) is 0.230. The summed E-state index contributed by atoms with van der Waals surface area (Å²) < 4.78 is 0. The summed E-state index contributed by atoms with van der Waals surface area (Å²) in [6, 6.07) is 28.0. The minimum atomic E-state index is 0.230. The molecule has 2 nitrogen and oxygen atoms in total. The van der Waals surface area contributed by atoms with Gasteiger partial charge in [-0.2, -0.15) is 0 Å². The topological polar surface area (TPSA) is 25.8 Å². The van der Waals surface area contributed by atoms with E-state index in [1.807, 2.05) is 18.5 Å². The Hall–Kier alpha value is -3.52. The number of benzene rings is 3. The third-order valence-corrected chi connectivity index (χ3v) is 5.61. The van der Waals surface area contributed by atoms with Gasteiger partial charge in [0.15, 0.2) is 0 Å². The second-order valence-corrected chi connectivity index (χ2v) is 7.09. The Kier molecular flexibility index (Phi) is 2.97. The lowest BCUT2D eigenvalue weighted by molar-refractivity contribution is 1.01. The maximum atomic E-state index is 4.84. The first-order valence-electron chi connectivity index (χ1n) is 9.22. The van der Waals surface area contributed by atoms with Gasteiger partial charge in [-0.15, -0.1) is 0 Å². The largest absolute Gasteiger partial charge is 0.254 e. The molecule has 0 radical (unpaired) electrons. The monoisotopic (exact) mass is 344 g/mol. The lowest BCUT2D eigenvalue weighted by Crippen LogP contribution is -2.00. The average molecular weight is 344 g/mol. The highest BCUT2D eigenvalue weighted by molar-refractivity contribution is 6.02. The van der Waals surface area contributed by atoms with Crippen LogP contribution in [0.15, 0.2) is 91.3 Å². The van der Waals surface area contributed by atoms with Gasteiger partial charge in [-0.1, -0.05) is 66.7 Å². The Balaban J connectivity index is 1.61. The SMILES string of the molecule is c1ccc2c(c1)-c1ccccc1C2c1cnc2c(ccc3cccnc32)c1. The van der Waals surface area contributed by atoms with Crippen LogP contribution in [0.5, 0.6) is 0 Å². The van der Waals surface area contributed by atoms with Crippen molar-refractivity contribution < 1.29 is 0 Å². The molecular formula is C25H16N2. The van der Waals surface area contributed by atoms with E-state index in [1.165, 1.54) is 27.8 Å². The number of fused-ring (bicyclic) bond motifs is 6. The van der Waals surface area contributed by atoms with Gasteiger partial charge in [0.05, 0.1) is 11.0 Å². The number of nitrogens with zero attached hydrogens (tertiary/aromatic N) is 2. The Morgan fingerprint density at radius 3 is 2.04 bits per heavy atom.